The number of phosphoric ester groups is 2. The lowest BCUT2D eigenvalue weighted by Crippen LogP contribution is -2.30. The molecule has 0 saturated carbocycles. The van der Waals surface area contributed by atoms with E-state index in [1.165, 1.54) is 167 Å². The lowest BCUT2D eigenvalue weighted by molar-refractivity contribution is -0.161. The number of phosphoric acid groups is 2. The van der Waals surface area contributed by atoms with Crippen molar-refractivity contribution in [2.24, 2.45) is 5.92 Å². The Morgan fingerprint density at radius 1 is 0.310 bits per heavy atom. The Labute approximate surface area is 530 Å². The van der Waals surface area contributed by atoms with E-state index in [0.29, 0.717) is 25.7 Å². The second-order valence-corrected chi connectivity index (χ2v) is 27.9. The molecule has 3 N–H and O–H groups in total. The van der Waals surface area contributed by atoms with Crippen molar-refractivity contribution in [1.29, 1.82) is 0 Å². The number of esters is 4. The zero-order valence-electron chi connectivity index (χ0n) is 56.2. The van der Waals surface area contributed by atoms with Crippen LogP contribution in [0.1, 0.15) is 349 Å². The van der Waals surface area contributed by atoms with Gasteiger partial charge in [0.1, 0.15) is 19.3 Å². The van der Waals surface area contributed by atoms with Gasteiger partial charge in [-0.15, -0.1) is 0 Å². The van der Waals surface area contributed by atoms with Gasteiger partial charge in [0, 0.05) is 25.7 Å². The maximum atomic E-state index is 13.0. The van der Waals surface area contributed by atoms with Crippen LogP contribution in [0.5, 0.6) is 0 Å². The first-order chi connectivity index (χ1) is 42.0. The van der Waals surface area contributed by atoms with E-state index in [1.807, 2.05) is 0 Å². The third-order valence-corrected chi connectivity index (χ3v) is 17.7. The van der Waals surface area contributed by atoms with E-state index >= 15 is 0 Å². The second-order valence-electron chi connectivity index (χ2n) is 25.0. The molecule has 0 heterocycles. The molecule has 516 valence electrons. The van der Waals surface area contributed by atoms with Gasteiger partial charge in [-0.1, -0.05) is 298 Å². The Hall–Kier alpha value is -1.94. The number of hydrogen-bond acceptors (Lipinski definition) is 15. The average Bonchev–Trinajstić information content (AvgIpc) is 3.55. The Morgan fingerprint density at radius 2 is 0.529 bits per heavy atom. The van der Waals surface area contributed by atoms with Crippen molar-refractivity contribution < 1.29 is 80.2 Å². The van der Waals surface area contributed by atoms with Crippen LogP contribution in [0, 0.1) is 5.92 Å². The summed E-state index contributed by atoms with van der Waals surface area (Å²) in [5, 5.41) is 10.5. The van der Waals surface area contributed by atoms with Crippen LogP contribution >= 0.6 is 15.6 Å². The summed E-state index contributed by atoms with van der Waals surface area (Å²) in [5.74, 6) is -1.38. The number of rotatable bonds is 68. The number of aliphatic hydroxyl groups is 1. The fourth-order valence-electron chi connectivity index (χ4n) is 10.3. The topological polar surface area (TPSA) is 237 Å². The van der Waals surface area contributed by atoms with Gasteiger partial charge in [-0.3, -0.25) is 37.3 Å². The highest BCUT2D eigenvalue weighted by Crippen LogP contribution is 2.45. The molecule has 87 heavy (non-hydrogen) atoms. The minimum atomic E-state index is -4.95. The third kappa shape index (κ3) is 62.6. The van der Waals surface area contributed by atoms with Crippen LogP contribution in [0.2, 0.25) is 0 Å². The van der Waals surface area contributed by atoms with Gasteiger partial charge in [0.2, 0.25) is 0 Å². The lowest BCUT2D eigenvalue weighted by atomic mass is 10.0. The van der Waals surface area contributed by atoms with Crippen LogP contribution < -0.4 is 0 Å². The molecule has 5 atom stereocenters. The van der Waals surface area contributed by atoms with Crippen LogP contribution in [0.25, 0.3) is 0 Å². The van der Waals surface area contributed by atoms with Crippen molar-refractivity contribution in [3.05, 3.63) is 0 Å². The van der Waals surface area contributed by atoms with Crippen LogP contribution in [-0.2, 0) is 65.4 Å². The van der Waals surface area contributed by atoms with E-state index in [9.17, 15) is 43.2 Å². The van der Waals surface area contributed by atoms with Gasteiger partial charge in [0.25, 0.3) is 0 Å². The van der Waals surface area contributed by atoms with Gasteiger partial charge < -0.3 is 33.8 Å². The van der Waals surface area contributed by atoms with Crippen molar-refractivity contribution >= 4 is 39.5 Å². The van der Waals surface area contributed by atoms with Gasteiger partial charge in [-0.25, -0.2) is 9.13 Å². The summed E-state index contributed by atoms with van der Waals surface area (Å²) >= 11 is 0. The number of unbranched alkanes of at least 4 members (excludes halogenated alkanes) is 40. The summed E-state index contributed by atoms with van der Waals surface area (Å²) in [4.78, 5) is 72.2. The molecule has 0 aromatic carbocycles. The zero-order chi connectivity index (χ0) is 64.2. The molecule has 0 aliphatic rings. The summed E-state index contributed by atoms with van der Waals surface area (Å²) in [6.07, 6.45) is 47.5. The zero-order valence-corrected chi connectivity index (χ0v) is 57.9. The first-order valence-corrected chi connectivity index (χ1v) is 38.6. The highest BCUT2D eigenvalue weighted by molar-refractivity contribution is 7.47. The van der Waals surface area contributed by atoms with Gasteiger partial charge in [0.15, 0.2) is 12.2 Å². The summed E-state index contributed by atoms with van der Waals surface area (Å²) in [6.45, 7) is 7.15. The number of aliphatic hydroxyl groups excluding tert-OH is 1. The molecule has 0 fully saturated rings. The molecule has 0 bridgehead atoms. The minimum absolute atomic E-state index is 0.107. The quantitative estimate of drug-likeness (QED) is 0.0222. The molecule has 0 aromatic rings. The Balaban J connectivity index is 5.16. The van der Waals surface area contributed by atoms with Gasteiger partial charge in [-0.2, -0.15) is 0 Å². The average molecular weight is 1280 g/mol. The van der Waals surface area contributed by atoms with Crippen molar-refractivity contribution in [3.8, 4) is 0 Å². The highest BCUT2D eigenvalue weighted by atomic mass is 31.2. The molecule has 0 aliphatic heterocycles. The van der Waals surface area contributed by atoms with E-state index in [0.717, 1.165) is 102 Å². The molecule has 0 rings (SSSR count). The lowest BCUT2D eigenvalue weighted by Gasteiger charge is -2.21. The first-order valence-electron chi connectivity index (χ1n) is 35.6. The van der Waals surface area contributed by atoms with Crippen molar-refractivity contribution in [3.63, 3.8) is 0 Å². The first kappa shape index (κ1) is 85.1. The Morgan fingerprint density at radius 3 is 0.782 bits per heavy atom. The number of carbonyl (C=O) groups is 4. The van der Waals surface area contributed by atoms with Crippen molar-refractivity contribution in [2.45, 2.75) is 368 Å². The smallest absolute Gasteiger partial charge is 0.462 e. The standard InChI is InChI=1S/C68H132O17P2/c1-6-9-12-15-17-19-21-23-24-25-27-29-35-39-44-49-54-68(73)85-64(58-79-66(71)52-47-42-37-33-31-30-32-36-41-45-50-61(4)5)60-83-87(76,77)81-56-62(69)55-80-86(74,75)82-59-63(57-78-65(70)51-46-40-14-11-8-3)84-67(72)53-48-43-38-34-28-26-22-20-18-16-13-10-7-2/h61-64,69H,6-60H2,1-5H3,(H,74,75)(H,76,77)/t62-,63+,64+/m0/s1. The molecule has 0 aliphatic carbocycles. The summed E-state index contributed by atoms with van der Waals surface area (Å²) in [6, 6.07) is 0. The van der Waals surface area contributed by atoms with E-state index in [1.54, 1.807) is 0 Å². The van der Waals surface area contributed by atoms with Gasteiger partial charge >= 0.3 is 39.5 Å². The molecule has 2 unspecified atom stereocenters. The SMILES string of the molecule is CCCCCCCCCCCCCCCCCCC(=O)O[C@H](COC(=O)CCCCCCCCCCCCC(C)C)COP(=O)(O)OC[C@@H](O)COP(=O)(O)OC[C@@H](COC(=O)CCCCCCC)OC(=O)CCCCCCCCCCCCCCC. The number of carbonyl (C=O) groups excluding carboxylic acids is 4. The number of ether oxygens (including phenoxy) is 4. The van der Waals surface area contributed by atoms with E-state index in [-0.39, 0.29) is 25.7 Å². The van der Waals surface area contributed by atoms with Crippen molar-refractivity contribution in [2.75, 3.05) is 39.6 Å². The maximum Gasteiger partial charge on any atom is 0.472 e. The largest absolute Gasteiger partial charge is 0.472 e. The molecular formula is C68H132O17P2. The molecular weight excluding hydrogens is 1150 g/mol. The normalized spacial score (nSPS) is 14.1. The maximum absolute atomic E-state index is 13.0. The van der Waals surface area contributed by atoms with Crippen LogP contribution in [-0.4, -0.2) is 96.7 Å². The van der Waals surface area contributed by atoms with Gasteiger partial charge in [-0.05, 0) is 31.6 Å². The van der Waals surface area contributed by atoms with Crippen LogP contribution in [0.15, 0.2) is 0 Å². The van der Waals surface area contributed by atoms with Crippen molar-refractivity contribution in [1.82, 2.24) is 0 Å². The second kappa shape index (κ2) is 61.6. The summed E-state index contributed by atoms with van der Waals surface area (Å²) in [7, 11) is -9.89. The molecule has 0 amide bonds. The molecule has 0 aromatic heterocycles. The fraction of sp³-hybridized carbons (Fsp3) is 0.941. The molecule has 0 saturated heterocycles. The molecule has 0 radical (unpaired) electrons. The Bertz CT molecular complexity index is 1690. The predicted molar refractivity (Wildman–Crippen MR) is 349 cm³/mol. The molecule has 0 spiro atoms. The highest BCUT2D eigenvalue weighted by Gasteiger charge is 2.30. The molecule has 19 heteroatoms. The summed E-state index contributed by atoms with van der Waals surface area (Å²) < 4.78 is 68.0. The van der Waals surface area contributed by atoms with Crippen LogP contribution in [0.4, 0.5) is 0 Å². The van der Waals surface area contributed by atoms with E-state index < -0.39 is 97.5 Å². The Kier molecular flexibility index (Phi) is 60.2. The monoisotopic (exact) mass is 1280 g/mol. The van der Waals surface area contributed by atoms with E-state index in [2.05, 4.69) is 34.6 Å². The van der Waals surface area contributed by atoms with Crippen LogP contribution in [0.3, 0.4) is 0 Å². The fourth-order valence-corrected chi connectivity index (χ4v) is 11.9. The minimum Gasteiger partial charge on any atom is -0.462 e. The molecule has 17 nitrogen and oxygen atoms in total. The summed E-state index contributed by atoms with van der Waals surface area (Å²) in [5.41, 5.74) is 0. The van der Waals surface area contributed by atoms with Gasteiger partial charge in [0.05, 0.1) is 26.4 Å². The predicted octanol–water partition coefficient (Wildman–Crippen LogP) is 19.4. The number of hydrogen-bond donors (Lipinski definition) is 3. The third-order valence-electron chi connectivity index (χ3n) is 15.8. The van der Waals surface area contributed by atoms with E-state index in [4.69, 9.17) is 37.0 Å².